The van der Waals surface area contributed by atoms with E-state index in [-0.39, 0.29) is 11.7 Å². The molecule has 1 fully saturated rings. The van der Waals surface area contributed by atoms with Gasteiger partial charge in [0.25, 0.3) is 0 Å². The molecular formula is C19H21ClFN3OS. The van der Waals surface area contributed by atoms with Gasteiger partial charge < -0.3 is 9.80 Å². The number of thioether (sulfide) groups is 1. The summed E-state index contributed by atoms with van der Waals surface area (Å²) >= 11 is 7.55. The van der Waals surface area contributed by atoms with Crippen molar-refractivity contribution in [3.05, 3.63) is 59.0 Å². The first-order chi connectivity index (χ1) is 12.6. The lowest BCUT2D eigenvalue weighted by Gasteiger charge is -2.35. The number of rotatable bonds is 6. The highest BCUT2D eigenvalue weighted by atomic mass is 35.5. The molecule has 0 N–H and O–H groups in total. The number of nitrogens with zero attached hydrogens (tertiary/aromatic N) is 3. The van der Waals surface area contributed by atoms with Crippen molar-refractivity contribution in [1.29, 1.82) is 0 Å². The third-order valence-corrected chi connectivity index (χ3v) is 5.71. The van der Waals surface area contributed by atoms with Gasteiger partial charge in [0, 0.05) is 60.9 Å². The van der Waals surface area contributed by atoms with Gasteiger partial charge in [-0.25, -0.2) is 9.37 Å². The standard InChI is InChI=1S/C19H21ClFN3OS/c20-16-4-3-5-17(21)15(16)14-26-13-7-19(25)24-11-9-23(10-12-24)18-6-1-2-8-22-18/h1-6,8H,7,9-14H2. The Morgan fingerprint density at radius 1 is 1.15 bits per heavy atom. The Balaban J connectivity index is 1.39. The number of carbonyl (C=O) groups is 1. The number of hydrogen-bond donors (Lipinski definition) is 0. The molecule has 1 aromatic carbocycles. The maximum Gasteiger partial charge on any atom is 0.223 e. The van der Waals surface area contributed by atoms with E-state index in [4.69, 9.17) is 11.6 Å². The number of halogens is 2. The first-order valence-corrected chi connectivity index (χ1v) is 10.1. The Morgan fingerprint density at radius 2 is 1.96 bits per heavy atom. The van der Waals surface area contributed by atoms with Crippen LogP contribution in [0.5, 0.6) is 0 Å². The van der Waals surface area contributed by atoms with Gasteiger partial charge in [-0.1, -0.05) is 23.7 Å². The third-order valence-electron chi connectivity index (χ3n) is 4.37. The van der Waals surface area contributed by atoms with E-state index in [2.05, 4.69) is 9.88 Å². The monoisotopic (exact) mass is 393 g/mol. The smallest absolute Gasteiger partial charge is 0.223 e. The van der Waals surface area contributed by atoms with E-state index in [9.17, 15) is 9.18 Å². The van der Waals surface area contributed by atoms with Gasteiger partial charge in [0.15, 0.2) is 0 Å². The highest BCUT2D eigenvalue weighted by molar-refractivity contribution is 7.98. The zero-order valence-electron chi connectivity index (χ0n) is 14.4. The summed E-state index contributed by atoms with van der Waals surface area (Å²) in [6.45, 7) is 3.00. The Labute approximate surface area is 162 Å². The van der Waals surface area contributed by atoms with Crippen molar-refractivity contribution in [3.63, 3.8) is 0 Å². The number of pyridine rings is 1. The summed E-state index contributed by atoms with van der Waals surface area (Å²) in [7, 11) is 0. The number of anilines is 1. The van der Waals surface area contributed by atoms with Gasteiger partial charge in [-0.3, -0.25) is 4.79 Å². The van der Waals surface area contributed by atoms with Crippen molar-refractivity contribution >= 4 is 35.1 Å². The van der Waals surface area contributed by atoms with Gasteiger partial charge in [-0.15, -0.1) is 0 Å². The highest BCUT2D eigenvalue weighted by Crippen LogP contribution is 2.24. The van der Waals surface area contributed by atoms with Crippen LogP contribution in [0.1, 0.15) is 12.0 Å². The zero-order valence-corrected chi connectivity index (χ0v) is 16.0. The summed E-state index contributed by atoms with van der Waals surface area (Å²) in [6, 6.07) is 10.6. The molecule has 3 rings (SSSR count). The van der Waals surface area contributed by atoms with Crippen LogP contribution in [-0.2, 0) is 10.5 Å². The molecule has 0 bridgehead atoms. The lowest BCUT2D eigenvalue weighted by molar-refractivity contribution is -0.131. The minimum Gasteiger partial charge on any atom is -0.353 e. The van der Waals surface area contributed by atoms with E-state index >= 15 is 0 Å². The van der Waals surface area contributed by atoms with Crippen molar-refractivity contribution in [3.8, 4) is 0 Å². The first-order valence-electron chi connectivity index (χ1n) is 8.59. The molecule has 138 valence electrons. The van der Waals surface area contributed by atoms with Crippen molar-refractivity contribution < 1.29 is 9.18 Å². The molecule has 1 saturated heterocycles. The molecule has 0 saturated carbocycles. The van der Waals surface area contributed by atoms with E-state index in [1.807, 2.05) is 23.1 Å². The fourth-order valence-electron chi connectivity index (χ4n) is 2.89. The second kappa shape index (κ2) is 9.24. The topological polar surface area (TPSA) is 36.4 Å². The predicted octanol–water partition coefficient (Wildman–Crippen LogP) is 3.85. The van der Waals surface area contributed by atoms with E-state index < -0.39 is 0 Å². The summed E-state index contributed by atoms with van der Waals surface area (Å²) in [5.74, 6) is 1.95. The fourth-order valence-corrected chi connectivity index (χ4v) is 4.16. The molecule has 1 aromatic heterocycles. The lowest BCUT2D eigenvalue weighted by atomic mass is 10.2. The fraction of sp³-hybridized carbons (Fsp3) is 0.368. The Kier molecular flexibility index (Phi) is 6.74. The van der Waals surface area contributed by atoms with Crippen LogP contribution in [0.15, 0.2) is 42.6 Å². The maximum atomic E-state index is 13.7. The SMILES string of the molecule is O=C(CCSCc1c(F)cccc1Cl)N1CCN(c2ccccn2)CC1. The average Bonchev–Trinajstić information content (AvgIpc) is 2.68. The van der Waals surface area contributed by atoms with Crippen LogP contribution in [0, 0.1) is 5.82 Å². The van der Waals surface area contributed by atoms with Crippen LogP contribution in [-0.4, -0.2) is 47.7 Å². The van der Waals surface area contributed by atoms with Crippen molar-refractivity contribution in [1.82, 2.24) is 9.88 Å². The normalized spacial score (nSPS) is 14.5. The molecule has 1 amide bonds. The number of hydrogen-bond acceptors (Lipinski definition) is 4. The van der Waals surface area contributed by atoms with Gasteiger partial charge >= 0.3 is 0 Å². The number of amides is 1. The summed E-state index contributed by atoms with van der Waals surface area (Å²) in [5, 5.41) is 0.439. The third kappa shape index (κ3) is 4.89. The van der Waals surface area contributed by atoms with E-state index in [1.165, 1.54) is 17.8 Å². The molecule has 4 nitrogen and oxygen atoms in total. The molecule has 0 unspecified atom stereocenters. The molecule has 2 heterocycles. The quantitative estimate of drug-likeness (QED) is 0.698. The summed E-state index contributed by atoms with van der Waals surface area (Å²) in [6.07, 6.45) is 2.24. The molecule has 0 atom stereocenters. The van der Waals surface area contributed by atoms with Crippen molar-refractivity contribution in [2.75, 3.05) is 36.8 Å². The van der Waals surface area contributed by atoms with E-state index in [0.29, 0.717) is 41.6 Å². The lowest BCUT2D eigenvalue weighted by Crippen LogP contribution is -2.49. The first kappa shape index (κ1) is 19.0. The minimum absolute atomic E-state index is 0.151. The molecule has 2 aromatic rings. The summed E-state index contributed by atoms with van der Waals surface area (Å²) in [4.78, 5) is 20.8. The van der Waals surface area contributed by atoms with Crippen LogP contribution >= 0.6 is 23.4 Å². The van der Waals surface area contributed by atoms with Gasteiger partial charge in [0.1, 0.15) is 11.6 Å². The molecule has 0 radical (unpaired) electrons. The van der Waals surface area contributed by atoms with Gasteiger partial charge in [-0.2, -0.15) is 11.8 Å². The van der Waals surface area contributed by atoms with E-state index in [0.717, 1.165) is 18.9 Å². The Bertz CT molecular complexity index is 719. The molecule has 1 aliphatic heterocycles. The Morgan fingerprint density at radius 3 is 2.65 bits per heavy atom. The van der Waals surface area contributed by atoms with E-state index in [1.54, 1.807) is 18.3 Å². The Hall–Kier alpha value is -1.79. The van der Waals surface area contributed by atoms with Crippen LogP contribution in [0.2, 0.25) is 5.02 Å². The van der Waals surface area contributed by atoms with Gasteiger partial charge in [0.05, 0.1) is 0 Å². The van der Waals surface area contributed by atoms with Crippen molar-refractivity contribution in [2.24, 2.45) is 0 Å². The number of carbonyl (C=O) groups excluding carboxylic acids is 1. The minimum atomic E-state index is -0.290. The number of aromatic nitrogens is 1. The number of piperazine rings is 1. The summed E-state index contributed by atoms with van der Waals surface area (Å²) < 4.78 is 13.7. The molecule has 0 aliphatic carbocycles. The predicted molar refractivity (Wildman–Crippen MR) is 105 cm³/mol. The van der Waals surface area contributed by atoms with Crippen LogP contribution in [0.4, 0.5) is 10.2 Å². The maximum absolute atomic E-state index is 13.7. The molecule has 26 heavy (non-hydrogen) atoms. The molecular weight excluding hydrogens is 373 g/mol. The van der Waals surface area contributed by atoms with Gasteiger partial charge in [-0.05, 0) is 24.3 Å². The van der Waals surface area contributed by atoms with Crippen LogP contribution < -0.4 is 4.90 Å². The van der Waals surface area contributed by atoms with Gasteiger partial charge in [0.2, 0.25) is 5.91 Å². The van der Waals surface area contributed by atoms with Crippen LogP contribution in [0.25, 0.3) is 0 Å². The zero-order chi connectivity index (χ0) is 18.4. The second-order valence-corrected chi connectivity index (χ2v) is 7.57. The van der Waals surface area contributed by atoms with Crippen molar-refractivity contribution in [2.45, 2.75) is 12.2 Å². The molecule has 1 aliphatic rings. The number of benzene rings is 1. The average molecular weight is 394 g/mol. The molecule has 7 heteroatoms. The van der Waals surface area contributed by atoms with Crippen LogP contribution in [0.3, 0.4) is 0 Å². The largest absolute Gasteiger partial charge is 0.353 e. The second-order valence-electron chi connectivity index (χ2n) is 6.06. The highest BCUT2D eigenvalue weighted by Gasteiger charge is 2.21. The molecule has 0 spiro atoms. The summed E-state index contributed by atoms with van der Waals surface area (Å²) in [5.41, 5.74) is 0.510.